The van der Waals surface area contributed by atoms with Crippen LogP contribution < -0.4 is 0 Å². The van der Waals surface area contributed by atoms with Gasteiger partial charge in [0, 0.05) is 0 Å². The Morgan fingerprint density at radius 1 is 1.38 bits per heavy atom. The molecular formula is C14H16FN. The Bertz CT molecular complexity index is 439. The van der Waals surface area contributed by atoms with E-state index in [2.05, 4.69) is 19.9 Å². The molecule has 0 atom stereocenters. The first kappa shape index (κ1) is 11.1. The topological polar surface area (TPSA) is 23.8 Å². The van der Waals surface area contributed by atoms with E-state index in [-0.39, 0.29) is 5.82 Å². The molecule has 2 rings (SSSR count). The fourth-order valence-corrected chi connectivity index (χ4v) is 2.42. The maximum atomic E-state index is 13.3. The Morgan fingerprint density at radius 2 is 2.06 bits per heavy atom. The van der Waals surface area contributed by atoms with Crippen LogP contribution in [0.25, 0.3) is 0 Å². The van der Waals surface area contributed by atoms with Crippen molar-refractivity contribution in [1.82, 2.24) is 0 Å². The van der Waals surface area contributed by atoms with Gasteiger partial charge in [0.05, 0.1) is 11.5 Å². The summed E-state index contributed by atoms with van der Waals surface area (Å²) in [7, 11) is 0. The van der Waals surface area contributed by atoms with Gasteiger partial charge in [-0.3, -0.25) is 0 Å². The van der Waals surface area contributed by atoms with Crippen LogP contribution >= 0.6 is 0 Å². The highest BCUT2D eigenvalue weighted by Gasteiger charge is 2.40. The van der Waals surface area contributed by atoms with E-state index < -0.39 is 5.41 Å². The van der Waals surface area contributed by atoms with Gasteiger partial charge in [-0.25, -0.2) is 4.39 Å². The molecule has 0 aliphatic heterocycles. The van der Waals surface area contributed by atoms with Gasteiger partial charge in [0.2, 0.25) is 0 Å². The summed E-state index contributed by atoms with van der Waals surface area (Å²) in [6.45, 7) is 4.17. The van der Waals surface area contributed by atoms with Crippen molar-refractivity contribution in [3.8, 4) is 6.07 Å². The average Bonchev–Trinajstić information content (AvgIpc) is 2.16. The Balaban J connectivity index is 2.54. The molecule has 1 nitrogen and oxygen atoms in total. The van der Waals surface area contributed by atoms with Gasteiger partial charge in [-0.2, -0.15) is 5.26 Å². The molecule has 0 unspecified atom stereocenters. The monoisotopic (exact) mass is 217 g/mol. The van der Waals surface area contributed by atoms with Crippen molar-refractivity contribution < 1.29 is 4.39 Å². The molecule has 16 heavy (non-hydrogen) atoms. The molecule has 1 aromatic carbocycles. The third-order valence-electron chi connectivity index (χ3n) is 3.57. The van der Waals surface area contributed by atoms with Gasteiger partial charge in [-0.15, -0.1) is 0 Å². The smallest absolute Gasteiger partial charge is 0.123 e. The molecule has 0 radical (unpaired) electrons. The average molecular weight is 217 g/mol. The van der Waals surface area contributed by atoms with E-state index in [4.69, 9.17) is 0 Å². The minimum absolute atomic E-state index is 0.235. The molecule has 0 spiro atoms. The molecule has 1 aliphatic carbocycles. The van der Waals surface area contributed by atoms with Gasteiger partial charge in [0.25, 0.3) is 0 Å². The van der Waals surface area contributed by atoms with Crippen LogP contribution in [0.3, 0.4) is 0 Å². The first-order valence-electron chi connectivity index (χ1n) is 5.80. The number of nitriles is 1. The zero-order valence-electron chi connectivity index (χ0n) is 9.76. The standard InChI is InChI=1S/C14H16FN/c1-10(2)12-5-4-11(15)8-13(12)14(9-16)6-3-7-14/h4-5,8,10H,3,6-7H2,1-2H3. The highest BCUT2D eigenvalue weighted by Crippen LogP contribution is 2.45. The van der Waals surface area contributed by atoms with E-state index in [0.717, 1.165) is 30.4 Å². The fraction of sp³-hybridized carbons (Fsp3) is 0.500. The minimum Gasteiger partial charge on any atom is -0.207 e. The maximum absolute atomic E-state index is 13.3. The fourth-order valence-electron chi connectivity index (χ4n) is 2.42. The van der Waals surface area contributed by atoms with E-state index in [0.29, 0.717) is 5.92 Å². The lowest BCUT2D eigenvalue weighted by molar-refractivity contribution is 0.320. The van der Waals surface area contributed by atoms with Crippen molar-refractivity contribution >= 4 is 0 Å². The van der Waals surface area contributed by atoms with Crippen molar-refractivity contribution in [3.05, 3.63) is 35.1 Å². The number of benzene rings is 1. The summed E-state index contributed by atoms with van der Waals surface area (Å²) < 4.78 is 13.3. The molecule has 0 heterocycles. The quantitative estimate of drug-likeness (QED) is 0.737. The van der Waals surface area contributed by atoms with Gasteiger partial charge in [0.1, 0.15) is 5.82 Å². The minimum atomic E-state index is -0.415. The predicted molar refractivity (Wildman–Crippen MR) is 61.6 cm³/mol. The lowest BCUT2D eigenvalue weighted by Gasteiger charge is -2.37. The second kappa shape index (κ2) is 3.90. The van der Waals surface area contributed by atoms with Crippen LogP contribution in [0.1, 0.15) is 50.2 Å². The molecule has 1 aliphatic rings. The molecule has 0 saturated heterocycles. The first-order chi connectivity index (χ1) is 7.59. The van der Waals surface area contributed by atoms with E-state index in [1.807, 2.05) is 6.07 Å². The summed E-state index contributed by atoms with van der Waals surface area (Å²) >= 11 is 0. The number of hydrogen-bond acceptors (Lipinski definition) is 1. The lowest BCUT2D eigenvalue weighted by atomic mass is 9.63. The predicted octanol–water partition coefficient (Wildman–Crippen LogP) is 3.89. The molecule has 0 bridgehead atoms. The van der Waals surface area contributed by atoms with Gasteiger partial charge >= 0.3 is 0 Å². The van der Waals surface area contributed by atoms with Crippen LogP contribution in [0.2, 0.25) is 0 Å². The molecule has 1 aromatic rings. The third kappa shape index (κ3) is 1.61. The van der Waals surface area contributed by atoms with Gasteiger partial charge in [-0.1, -0.05) is 19.9 Å². The van der Waals surface area contributed by atoms with Crippen molar-refractivity contribution in [1.29, 1.82) is 5.26 Å². The van der Waals surface area contributed by atoms with Gasteiger partial charge < -0.3 is 0 Å². The first-order valence-corrected chi connectivity index (χ1v) is 5.80. The van der Waals surface area contributed by atoms with E-state index in [1.54, 1.807) is 6.07 Å². The van der Waals surface area contributed by atoms with Gasteiger partial charge in [-0.05, 0) is 48.4 Å². The molecule has 1 fully saturated rings. The van der Waals surface area contributed by atoms with Crippen LogP contribution in [0, 0.1) is 17.1 Å². The molecule has 2 heteroatoms. The summed E-state index contributed by atoms with van der Waals surface area (Å²) in [6.07, 6.45) is 2.81. The van der Waals surface area contributed by atoms with Crippen molar-refractivity contribution in [2.75, 3.05) is 0 Å². The summed E-state index contributed by atoms with van der Waals surface area (Å²) in [4.78, 5) is 0. The number of nitrogens with zero attached hydrogens (tertiary/aromatic N) is 1. The van der Waals surface area contributed by atoms with Crippen LogP contribution in [-0.4, -0.2) is 0 Å². The molecular weight excluding hydrogens is 201 g/mol. The van der Waals surface area contributed by atoms with E-state index >= 15 is 0 Å². The highest BCUT2D eigenvalue weighted by molar-refractivity contribution is 5.43. The summed E-state index contributed by atoms with van der Waals surface area (Å²) in [5.41, 5.74) is 1.61. The van der Waals surface area contributed by atoms with Crippen LogP contribution in [0.15, 0.2) is 18.2 Å². The zero-order valence-corrected chi connectivity index (χ0v) is 9.76. The Labute approximate surface area is 95.9 Å². The van der Waals surface area contributed by atoms with E-state index in [9.17, 15) is 9.65 Å². The Hall–Kier alpha value is -1.36. The van der Waals surface area contributed by atoms with Gasteiger partial charge in [0.15, 0.2) is 0 Å². The maximum Gasteiger partial charge on any atom is 0.123 e. The number of halogens is 1. The largest absolute Gasteiger partial charge is 0.207 e. The molecule has 84 valence electrons. The highest BCUT2D eigenvalue weighted by atomic mass is 19.1. The Morgan fingerprint density at radius 3 is 2.50 bits per heavy atom. The van der Waals surface area contributed by atoms with Crippen LogP contribution in [0.5, 0.6) is 0 Å². The second-order valence-corrected chi connectivity index (χ2v) is 4.93. The lowest BCUT2D eigenvalue weighted by Crippen LogP contribution is -2.33. The molecule has 0 N–H and O–H groups in total. The van der Waals surface area contributed by atoms with Crippen LogP contribution in [0.4, 0.5) is 4.39 Å². The molecule has 1 saturated carbocycles. The second-order valence-electron chi connectivity index (χ2n) is 4.93. The summed E-state index contributed by atoms with van der Waals surface area (Å²) in [5, 5.41) is 9.31. The van der Waals surface area contributed by atoms with E-state index in [1.165, 1.54) is 6.07 Å². The number of rotatable bonds is 2. The Kier molecular flexibility index (Phi) is 2.71. The van der Waals surface area contributed by atoms with Crippen LogP contribution in [-0.2, 0) is 5.41 Å². The number of hydrogen-bond donors (Lipinski definition) is 0. The zero-order chi connectivity index (χ0) is 11.8. The van der Waals surface area contributed by atoms with Crippen molar-refractivity contribution in [2.24, 2.45) is 0 Å². The summed E-state index contributed by atoms with van der Waals surface area (Å²) in [6, 6.07) is 7.26. The molecule has 0 aromatic heterocycles. The summed E-state index contributed by atoms with van der Waals surface area (Å²) in [5.74, 6) is 0.0994. The van der Waals surface area contributed by atoms with Crippen molar-refractivity contribution in [3.63, 3.8) is 0 Å². The SMILES string of the molecule is CC(C)c1ccc(F)cc1C1(C#N)CCC1. The molecule has 0 amide bonds. The van der Waals surface area contributed by atoms with Crippen molar-refractivity contribution in [2.45, 2.75) is 44.4 Å². The normalized spacial score (nSPS) is 17.9. The third-order valence-corrected chi connectivity index (χ3v) is 3.57.